The van der Waals surface area contributed by atoms with Crippen LogP contribution in [0.2, 0.25) is 0 Å². The van der Waals surface area contributed by atoms with Gasteiger partial charge in [-0.2, -0.15) is 0 Å². The summed E-state index contributed by atoms with van der Waals surface area (Å²) in [4.78, 5) is 17.4. The van der Waals surface area contributed by atoms with E-state index in [0.717, 1.165) is 36.0 Å². The molecule has 0 N–H and O–H groups in total. The van der Waals surface area contributed by atoms with Gasteiger partial charge in [-0.25, -0.2) is 0 Å². The Bertz CT molecular complexity index is 1340. The molecule has 0 saturated carbocycles. The standard InChI is InChI=1S/C33H42N2O4/c1-22-16-28-29(33(4,5)11-10-32(28,2)3)18-23(22)17-25-8-9-30(39-25)31(36)35-14-12-34(13-15-35)24-19-26(37-6)21-27(20-24)38-7/h8-9,16,18-21H,10-15,17H2,1-7H3. The van der Waals surface area contributed by atoms with Gasteiger partial charge < -0.3 is 23.7 Å². The van der Waals surface area contributed by atoms with E-state index in [9.17, 15) is 4.79 Å². The number of carbonyl (C=O) groups is 1. The van der Waals surface area contributed by atoms with Gasteiger partial charge >= 0.3 is 0 Å². The van der Waals surface area contributed by atoms with Crippen LogP contribution in [0.15, 0.2) is 46.9 Å². The molecule has 1 amide bonds. The highest BCUT2D eigenvalue weighted by molar-refractivity contribution is 5.91. The Kier molecular flexibility index (Phi) is 7.17. The van der Waals surface area contributed by atoms with Gasteiger partial charge in [0, 0.05) is 56.5 Å². The van der Waals surface area contributed by atoms with Crippen LogP contribution >= 0.6 is 0 Å². The first-order valence-corrected chi connectivity index (χ1v) is 14.0. The van der Waals surface area contributed by atoms with E-state index in [-0.39, 0.29) is 16.7 Å². The summed E-state index contributed by atoms with van der Waals surface area (Å²) in [5.41, 5.74) is 6.88. The molecular formula is C33H42N2O4. The Hall–Kier alpha value is -3.41. The van der Waals surface area contributed by atoms with Crippen LogP contribution in [-0.2, 0) is 17.3 Å². The predicted octanol–water partition coefficient (Wildman–Crippen LogP) is 6.51. The summed E-state index contributed by atoms with van der Waals surface area (Å²) in [7, 11) is 3.31. The van der Waals surface area contributed by atoms with E-state index in [4.69, 9.17) is 13.9 Å². The van der Waals surface area contributed by atoms with Crippen molar-refractivity contribution in [1.29, 1.82) is 0 Å². The predicted molar refractivity (Wildman–Crippen MR) is 156 cm³/mol. The van der Waals surface area contributed by atoms with Crippen LogP contribution in [0.1, 0.15) is 79.1 Å². The maximum atomic E-state index is 13.3. The fraction of sp³-hybridized carbons (Fsp3) is 0.485. The molecule has 3 aromatic rings. The number of ether oxygens (including phenoxy) is 2. The average molecular weight is 531 g/mol. The van der Waals surface area contributed by atoms with Gasteiger partial charge in [0.05, 0.1) is 14.2 Å². The molecule has 5 rings (SSSR count). The minimum atomic E-state index is -0.0471. The number of piperazine rings is 1. The third-order valence-electron chi connectivity index (χ3n) is 8.81. The van der Waals surface area contributed by atoms with Crippen LogP contribution in [0.4, 0.5) is 5.69 Å². The molecular weight excluding hydrogens is 488 g/mol. The lowest BCUT2D eigenvalue weighted by Gasteiger charge is -2.42. The van der Waals surface area contributed by atoms with E-state index in [1.165, 1.54) is 35.1 Å². The number of benzene rings is 2. The maximum Gasteiger partial charge on any atom is 0.289 e. The van der Waals surface area contributed by atoms with Gasteiger partial charge in [-0.15, -0.1) is 0 Å². The Balaban J connectivity index is 1.27. The molecule has 0 spiro atoms. The topological polar surface area (TPSA) is 55.2 Å². The first-order valence-electron chi connectivity index (χ1n) is 14.0. The molecule has 0 unspecified atom stereocenters. The summed E-state index contributed by atoms with van der Waals surface area (Å²) >= 11 is 0. The van der Waals surface area contributed by atoms with Gasteiger partial charge in [-0.3, -0.25) is 4.79 Å². The monoisotopic (exact) mass is 530 g/mol. The Morgan fingerprint density at radius 3 is 2.03 bits per heavy atom. The van der Waals surface area contributed by atoms with Crippen LogP contribution < -0.4 is 14.4 Å². The summed E-state index contributed by atoms with van der Waals surface area (Å²) < 4.78 is 17.0. The van der Waals surface area contributed by atoms with E-state index in [0.29, 0.717) is 25.3 Å². The van der Waals surface area contributed by atoms with E-state index < -0.39 is 0 Å². The van der Waals surface area contributed by atoms with Crippen LogP contribution in [0, 0.1) is 6.92 Å². The second-order valence-corrected chi connectivity index (χ2v) is 12.4. The summed E-state index contributed by atoms with van der Waals surface area (Å²) in [5.74, 6) is 2.71. The lowest BCUT2D eigenvalue weighted by atomic mass is 9.62. The molecule has 0 radical (unpaired) electrons. The van der Waals surface area contributed by atoms with Gasteiger partial charge in [0.2, 0.25) is 0 Å². The second kappa shape index (κ2) is 10.3. The largest absolute Gasteiger partial charge is 0.497 e. The molecule has 2 aromatic carbocycles. The number of amides is 1. The number of aryl methyl sites for hydroxylation is 1. The minimum Gasteiger partial charge on any atom is -0.497 e. The first-order chi connectivity index (χ1) is 18.5. The lowest BCUT2D eigenvalue weighted by molar-refractivity contribution is 0.0713. The van der Waals surface area contributed by atoms with E-state index in [1.807, 2.05) is 35.2 Å². The number of hydrogen-bond acceptors (Lipinski definition) is 5. The van der Waals surface area contributed by atoms with Crippen LogP contribution in [0.25, 0.3) is 0 Å². The van der Waals surface area contributed by atoms with Crippen molar-refractivity contribution < 1.29 is 18.7 Å². The third kappa shape index (κ3) is 5.39. The SMILES string of the molecule is COc1cc(OC)cc(N2CCN(C(=O)c3ccc(Cc4cc5c(cc4C)C(C)(C)CCC5(C)C)o3)CC2)c1. The smallest absolute Gasteiger partial charge is 0.289 e. The summed E-state index contributed by atoms with van der Waals surface area (Å²) in [6, 6.07) is 14.4. The van der Waals surface area contributed by atoms with Crippen molar-refractivity contribution in [3.8, 4) is 11.5 Å². The number of nitrogens with zero attached hydrogens (tertiary/aromatic N) is 2. The Labute approximate surface area is 232 Å². The van der Waals surface area contributed by atoms with E-state index in [2.05, 4.69) is 51.7 Å². The molecule has 6 nitrogen and oxygen atoms in total. The minimum absolute atomic E-state index is 0.0471. The molecule has 1 fully saturated rings. The van der Waals surface area contributed by atoms with Crippen LogP contribution in [0.5, 0.6) is 11.5 Å². The van der Waals surface area contributed by atoms with Crippen molar-refractivity contribution in [1.82, 2.24) is 4.90 Å². The van der Waals surface area contributed by atoms with E-state index in [1.54, 1.807) is 14.2 Å². The third-order valence-corrected chi connectivity index (χ3v) is 8.81. The quantitative estimate of drug-likeness (QED) is 0.364. The van der Waals surface area contributed by atoms with Crippen molar-refractivity contribution in [3.63, 3.8) is 0 Å². The normalized spacial score (nSPS) is 18.0. The van der Waals surface area contributed by atoms with Crippen LogP contribution in [-0.4, -0.2) is 51.2 Å². The molecule has 208 valence electrons. The number of carbonyl (C=O) groups excluding carboxylic acids is 1. The molecule has 39 heavy (non-hydrogen) atoms. The Morgan fingerprint density at radius 2 is 1.44 bits per heavy atom. The summed E-state index contributed by atoms with van der Waals surface area (Å²) in [6.45, 7) is 14.3. The fourth-order valence-corrected chi connectivity index (χ4v) is 6.03. The number of hydrogen-bond donors (Lipinski definition) is 0. The number of fused-ring (bicyclic) bond motifs is 1. The van der Waals surface area contributed by atoms with Crippen molar-refractivity contribution in [2.75, 3.05) is 45.3 Å². The van der Waals surface area contributed by atoms with Gasteiger partial charge in [-0.05, 0) is 65.0 Å². The molecule has 0 atom stereocenters. The fourth-order valence-electron chi connectivity index (χ4n) is 6.03. The average Bonchev–Trinajstić information content (AvgIpc) is 3.40. The van der Waals surface area contributed by atoms with Crippen molar-refractivity contribution in [2.45, 2.75) is 64.7 Å². The van der Waals surface area contributed by atoms with Crippen LogP contribution in [0.3, 0.4) is 0 Å². The number of furan rings is 1. The van der Waals surface area contributed by atoms with Gasteiger partial charge in [0.1, 0.15) is 17.3 Å². The molecule has 0 bridgehead atoms. The molecule has 1 aliphatic carbocycles. The molecule has 2 aliphatic rings. The highest BCUT2D eigenvalue weighted by atomic mass is 16.5. The highest BCUT2D eigenvalue weighted by Gasteiger charge is 2.37. The number of methoxy groups -OCH3 is 2. The molecule has 1 aliphatic heterocycles. The summed E-state index contributed by atoms with van der Waals surface area (Å²) in [6.07, 6.45) is 3.08. The van der Waals surface area contributed by atoms with Gasteiger partial charge in [0.25, 0.3) is 5.91 Å². The van der Waals surface area contributed by atoms with E-state index >= 15 is 0 Å². The van der Waals surface area contributed by atoms with Crippen molar-refractivity contribution in [2.24, 2.45) is 0 Å². The maximum absolute atomic E-state index is 13.3. The molecule has 1 saturated heterocycles. The Morgan fingerprint density at radius 1 is 0.846 bits per heavy atom. The zero-order valence-corrected chi connectivity index (χ0v) is 24.5. The summed E-state index contributed by atoms with van der Waals surface area (Å²) in [5, 5.41) is 0. The van der Waals surface area contributed by atoms with Crippen molar-refractivity contribution in [3.05, 3.63) is 76.2 Å². The molecule has 1 aromatic heterocycles. The number of anilines is 1. The second-order valence-electron chi connectivity index (χ2n) is 12.4. The highest BCUT2D eigenvalue weighted by Crippen LogP contribution is 2.46. The molecule has 2 heterocycles. The molecule has 6 heteroatoms. The zero-order valence-electron chi connectivity index (χ0n) is 24.5. The zero-order chi connectivity index (χ0) is 27.9. The van der Waals surface area contributed by atoms with Gasteiger partial charge in [0.15, 0.2) is 5.76 Å². The lowest BCUT2D eigenvalue weighted by Crippen LogP contribution is -2.48. The van der Waals surface area contributed by atoms with Crippen molar-refractivity contribution >= 4 is 11.6 Å². The first kappa shape index (κ1) is 27.2. The number of rotatable bonds is 6. The van der Waals surface area contributed by atoms with Gasteiger partial charge in [-0.1, -0.05) is 39.8 Å².